The van der Waals surface area contributed by atoms with Crippen LogP contribution in [0.2, 0.25) is 0 Å². The molecule has 1 aromatic carbocycles. The van der Waals surface area contributed by atoms with Gasteiger partial charge in [-0.1, -0.05) is 12.1 Å². The Hall–Kier alpha value is -1.83. The molecule has 0 bridgehead atoms. The van der Waals surface area contributed by atoms with E-state index in [0.29, 0.717) is 12.1 Å². The Morgan fingerprint density at radius 1 is 1.37 bits per heavy atom. The van der Waals surface area contributed by atoms with E-state index < -0.39 is 0 Å². The number of carbonyl (C=O) groups excluding carboxylic acids is 1. The normalized spacial score (nSPS) is 31.6. The van der Waals surface area contributed by atoms with Gasteiger partial charge < -0.3 is 5.32 Å². The van der Waals surface area contributed by atoms with E-state index in [1.807, 2.05) is 19.3 Å². The Bertz CT molecular complexity index is 711. The van der Waals surface area contributed by atoms with Crippen LogP contribution in [0.3, 0.4) is 0 Å². The van der Waals surface area contributed by atoms with E-state index in [-0.39, 0.29) is 23.8 Å². The summed E-state index contributed by atoms with van der Waals surface area (Å²) in [5, 5.41) is 5.23. The van der Waals surface area contributed by atoms with E-state index in [4.69, 9.17) is 0 Å². The smallest absolute Gasteiger partial charge is 0.224 e. The third-order valence-corrected chi connectivity index (χ3v) is 6.01. The second-order valence-corrected chi connectivity index (χ2v) is 7.94. The molecule has 1 amide bonds. The summed E-state index contributed by atoms with van der Waals surface area (Å²) < 4.78 is 13.3. The second kappa shape index (κ2) is 8.04. The maximum Gasteiger partial charge on any atom is 0.224 e. The fourth-order valence-electron chi connectivity index (χ4n) is 4.39. The first-order chi connectivity index (χ1) is 13.1. The number of nitrogens with one attached hydrogen (secondary N) is 2. The lowest BCUT2D eigenvalue weighted by atomic mass is 9.92. The van der Waals surface area contributed by atoms with Crippen molar-refractivity contribution in [2.24, 2.45) is 16.8 Å². The van der Waals surface area contributed by atoms with Crippen molar-refractivity contribution in [3.8, 4) is 0 Å². The molecule has 7 heteroatoms. The van der Waals surface area contributed by atoms with Crippen LogP contribution >= 0.6 is 0 Å². The van der Waals surface area contributed by atoms with Crippen LogP contribution in [0.4, 0.5) is 4.39 Å². The van der Waals surface area contributed by atoms with Gasteiger partial charge in [0.1, 0.15) is 12.0 Å². The minimum Gasteiger partial charge on any atom is -0.334 e. The molecule has 0 aromatic heterocycles. The van der Waals surface area contributed by atoms with Crippen molar-refractivity contribution >= 4 is 12.1 Å². The van der Waals surface area contributed by atoms with Gasteiger partial charge in [0, 0.05) is 25.7 Å². The number of benzene rings is 1. The van der Waals surface area contributed by atoms with E-state index >= 15 is 0 Å². The minimum atomic E-state index is -0.195. The molecule has 1 aromatic rings. The molecule has 6 nitrogen and oxygen atoms in total. The highest BCUT2D eigenvalue weighted by molar-refractivity contribution is 5.79. The van der Waals surface area contributed by atoms with Crippen molar-refractivity contribution in [1.82, 2.24) is 20.7 Å². The van der Waals surface area contributed by atoms with Crippen molar-refractivity contribution in [2.75, 3.05) is 20.3 Å². The molecule has 3 aliphatic rings. The van der Waals surface area contributed by atoms with Gasteiger partial charge in [0.25, 0.3) is 0 Å². The lowest BCUT2D eigenvalue weighted by Crippen LogP contribution is -2.49. The maximum absolute atomic E-state index is 13.3. The number of amides is 1. The van der Waals surface area contributed by atoms with Gasteiger partial charge in [-0.25, -0.2) is 14.8 Å². The van der Waals surface area contributed by atoms with Crippen molar-refractivity contribution in [3.05, 3.63) is 35.6 Å². The average molecular weight is 373 g/mol. The molecule has 4 atom stereocenters. The molecular weight excluding hydrogens is 345 g/mol. The maximum atomic E-state index is 13.3. The van der Waals surface area contributed by atoms with Gasteiger partial charge in [-0.05, 0) is 55.7 Å². The average Bonchev–Trinajstić information content (AvgIpc) is 3.04. The molecule has 3 heterocycles. The number of hydrazine groups is 1. The predicted molar refractivity (Wildman–Crippen MR) is 102 cm³/mol. The molecular formula is C20H28FN5O. The second-order valence-electron chi connectivity index (χ2n) is 7.94. The number of nitrogens with zero attached hydrogens (tertiary/aromatic N) is 3. The van der Waals surface area contributed by atoms with E-state index in [2.05, 4.69) is 25.6 Å². The Morgan fingerprint density at radius 2 is 2.26 bits per heavy atom. The van der Waals surface area contributed by atoms with Crippen molar-refractivity contribution in [2.45, 2.75) is 44.4 Å². The van der Waals surface area contributed by atoms with Crippen LogP contribution < -0.4 is 10.7 Å². The van der Waals surface area contributed by atoms with Crippen molar-refractivity contribution < 1.29 is 9.18 Å². The number of carbonyl (C=O) groups is 1. The third-order valence-electron chi connectivity index (χ3n) is 6.01. The largest absolute Gasteiger partial charge is 0.334 e. The van der Waals surface area contributed by atoms with Gasteiger partial charge in [0.05, 0.1) is 12.8 Å². The number of fused-ring (bicyclic) bond motifs is 1. The molecule has 0 saturated carbocycles. The number of hydrogen-bond acceptors (Lipinski definition) is 5. The molecule has 2 fully saturated rings. The van der Waals surface area contributed by atoms with Crippen LogP contribution in [-0.2, 0) is 11.2 Å². The van der Waals surface area contributed by atoms with Crippen molar-refractivity contribution in [3.63, 3.8) is 0 Å². The zero-order valence-electron chi connectivity index (χ0n) is 15.8. The highest BCUT2D eigenvalue weighted by atomic mass is 19.1. The number of piperidine rings is 1. The molecule has 4 rings (SSSR count). The number of halogens is 1. The van der Waals surface area contributed by atoms with Gasteiger partial charge in [-0.15, -0.1) is 0 Å². The molecule has 2 N–H and O–H groups in total. The summed E-state index contributed by atoms with van der Waals surface area (Å²) in [6.45, 7) is 1.82. The highest BCUT2D eigenvalue weighted by Gasteiger charge is 2.38. The molecule has 0 spiro atoms. The Balaban J connectivity index is 1.27. The molecule has 0 aliphatic carbocycles. The molecule has 146 valence electrons. The first-order valence-corrected chi connectivity index (χ1v) is 9.87. The van der Waals surface area contributed by atoms with Gasteiger partial charge in [0.2, 0.25) is 5.91 Å². The summed E-state index contributed by atoms with van der Waals surface area (Å²) >= 11 is 0. The van der Waals surface area contributed by atoms with Crippen LogP contribution in [0.5, 0.6) is 0 Å². The van der Waals surface area contributed by atoms with Gasteiger partial charge in [-0.3, -0.25) is 14.7 Å². The summed E-state index contributed by atoms with van der Waals surface area (Å²) in [6.07, 6.45) is 6.46. The fraction of sp³-hybridized carbons (Fsp3) is 0.600. The Kier molecular flexibility index (Phi) is 5.52. The lowest BCUT2D eigenvalue weighted by Gasteiger charge is -2.35. The highest BCUT2D eigenvalue weighted by Crippen LogP contribution is 2.27. The van der Waals surface area contributed by atoms with E-state index in [0.717, 1.165) is 50.9 Å². The van der Waals surface area contributed by atoms with Gasteiger partial charge in [0.15, 0.2) is 0 Å². The third kappa shape index (κ3) is 4.36. The quantitative estimate of drug-likeness (QED) is 0.844. The van der Waals surface area contributed by atoms with Crippen molar-refractivity contribution in [1.29, 1.82) is 0 Å². The molecule has 2 saturated heterocycles. The van der Waals surface area contributed by atoms with Crippen LogP contribution in [-0.4, -0.2) is 54.6 Å². The number of rotatable bonds is 4. The SMILES string of the molecule is CN1NCN2CCC(C(=O)NC3CCC(Cc4cccc(F)c4)C=N3)CC21. The minimum absolute atomic E-state index is 0.0498. The molecule has 3 aliphatic heterocycles. The van der Waals surface area contributed by atoms with Gasteiger partial charge >= 0.3 is 0 Å². The van der Waals surface area contributed by atoms with Crippen LogP contribution in [0.25, 0.3) is 0 Å². The van der Waals surface area contributed by atoms with E-state index in [9.17, 15) is 9.18 Å². The number of hydrogen-bond donors (Lipinski definition) is 2. The van der Waals surface area contributed by atoms with E-state index in [1.54, 1.807) is 12.1 Å². The van der Waals surface area contributed by atoms with Crippen LogP contribution in [0, 0.1) is 17.7 Å². The summed E-state index contributed by atoms with van der Waals surface area (Å²) in [4.78, 5) is 19.6. The molecule has 0 radical (unpaired) electrons. The standard InChI is InChI=1S/C20H28FN5O/c1-25-19-11-16(7-8-26(19)13-23-25)20(27)24-18-6-5-15(12-22-18)9-14-3-2-4-17(21)10-14/h2-4,10,12,15-16,18-19,23H,5-9,11,13H2,1H3,(H,24,27). The Morgan fingerprint density at radius 3 is 3.04 bits per heavy atom. The number of aliphatic imine (C=N–C) groups is 1. The summed E-state index contributed by atoms with van der Waals surface area (Å²) in [6, 6.07) is 6.75. The topological polar surface area (TPSA) is 60.0 Å². The van der Waals surface area contributed by atoms with Gasteiger partial charge in [-0.2, -0.15) is 0 Å². The fourth-order valence-corrected chi connectivity index (χ4v) is 4.39. The zero-order valence-corrected chi connectivity index (χ0v) is 15.8. The first-order valence-electron chi connectivity index (χ1n) is 9.87. The molecule has 4 unspecified atom stereocenters. The first kappa shape index (κ1) is 18.5. The van der Waals surface area contributed by atoms with E-state index in [1.165, 1.54) is 6.07 Å². The summed E-state index contributed by atoms with van der Waals surface area (Å²) in [5.41, 5.74) is 4.31. The summed E-state index contributed by atoms with van der Waals surface area (Å²) in [7, 11) is 2.04. The lowest BCUT2D eigenvalue weighted by molar-refractivity contribution is -0.128. The summed E-state index contributed by atoms with van der Waals surface area (Å²) in [5.74, 6) is 0.287. The van der Waals surface area contributed by atoms with Crippen LogP contribution in [0.1, 0.15) is 31.2 Å². The Labute approximate surface area is 159 Å². The van der Waals surface area contributed by atoms with Crippen LogP contribution in [0.15, 0.2) is 29.3 Å². The molecule has 27 heavy (non-hydrogen) atoms. The monoisotopic (exact) mass is 373 g/mol. The zero-order chi connectivity index (χ0) is 18.8. The predicted octanol–water partition coefficient (Wildman–Crippen LogP) is 1.74.